The molecule has 0 aliphatic heterocycles. The summed E-state index contributed by atoms with van der Waals surface area (Å²) in [7, 11) is 0. The predicted molar refractivity (Wildman–Crippen MR) is 66.6 cm³/mol. The van der Waals surface area contributed by atoms with Crippen LogP contribution in [-0.2, 0) is 11.3 Å². The average Bonchev–Trinajstić information content (AvgIpc) is 2.24. The number of carbonyl (C=O) groups is 1. The van der Waals surface area contributed by atoms with Crippen LogP contribution in [0.2, 0.25) is 5.02 Å². The van der Waals surface area contributed by atoms with Gasteiger partial charge in [-0.15, -0.1) is 0 Å². The molecule has 0 fully saturated rings. The predicted octanol–water partition coefficient (Wildman–Crippen LogP) is 1.87. The summed E-state index contributed by atoms with van der Waals surface area (Å²) in [5.41, 5.74) is 2.15. The van der Waals surface area contributed by atoms with Gasteiger partial charge in [-0.2, -0.15) is 0 Å². The van der Waals surface area contributed by atoms with Gasteiger partial charge in [0.1, 0.15) is 0 Å². The van der Waals surface area contributed by atoms with Crippen LogP contribution in [0, 0.1) is 6.92 Å². The molecule has 0 aliphatic rings. The van der Waals surface area contributed by atoms with Gasteiger partial charge in [0.15, 0.2) is 0 Å². The highest BCUT2D eigenvalue weighted by atomic mass is 35.5. The fraction of sp³-hybridized carbons (Fsp3) is 0.417. The monoisotopic (exact) mass is 240 g/mol. The molecular weight excluding hydrogens is 224 g/mol. The van der Waals surface area contributed by atoms with Crippen molar-refractivity contribution in [2.24, 2.45) is 0 Å². The Labute approximate surface area is 101 Å². The molecule has 0 atom stereocenters. The van der Waals surface area contributed by atoms with E-state index in [0.717, 1.165) is 16.1 Å². The molecular formula is C12H17ClN2O. The topological polar surface area (TPSA) is 41.1 Å². The Kier molecular flexibility index (Phi) is 5.29. The lowest BCUT2D eigenvalue weighted by molar-refractivity contribution is -0.120. The number of likely N-dealkylation sites (N-methyl/N-ethyl adjacent to an activating group) is 1. The molecule has 0 heterocycles. The van der Waals surface area contributed by atoms with E-state index in [1.54, 1.807) is 0 Å². The normalized spacial score (nSPS) is 10.2. The van der Waals surface area contributed by atoms with Crippen molar-refractivity contribution in [1.82, 2.24) is 10.6 Å². The third kappa shape index (κ3) is 4.21. The highest BCUT2D eigenvalue weighted by molar-refractivity contribution is 6.31. The Morgan fingerprint density at radius 1 is 1.44 bits per heavy atom. The molecule has 0 aromatic heterocycles. The molecule has 88 valence electrons. The highest BCUT2D eigenvalue weighted by Crippen LogP contribution is 2.16. The second-order valence-corrected chi connectivity index (χ2v) is 4.05. The van der Waals surface area contributed by atoms with Crippen LogP contribution in [0.4, 0.5) is 0 Å². The fourth-order valence-corrected chi connectivity index (χ4v) is 1.53. The number of benzene rings is 1. The Morgan fingerprint density at radius 2 is 2.19 bits per heavy atom. The summed E-state index contributed by atoms with van der Waals surface area (Å²) < 4.78 is 0. The van der Waals surface area contributed by atoms with Gasteiger partial charge in [0.05, 0.1) is 6.54 Å². The van der Waals surface area contributed by atoms with Crippen LogP contribution < -0.4 is 10.6 Å². The number of hydrogen-bond donors (Lipinski definition) is 2. The van der Waals surface area contributed by atoms with Crippen LogP contribution in [0.1, 0.15) is 18.1 Å². The molecule has 1 aromatic carbocycles. The molecule has 0 spiro atoms. The SMILES string of the molecule is CCNC(=O)CNCc1ccc(C)c(Cl)c1. The third-order valence-electron chi connectivity index (χ3n) is 2.22. The van der Waals surface area contributed by atoms with Gasteiger partial charge < -0.3 is 10.6 Å². The van der Waals surface area contributed by atoms with E-state index in [0.29, 0.717) is 19.6 Å². The first kappa shape index (κ1) is 13.0. The first-order valence-electron chi connectivity index (χ1n) is 5.36. The van der Waals surface area contributed by atoms with Gasteiger partial charge in [-0.3, -0.25) is 4.79 Å². The van der Waals surface area contributed by atoms with Crippen molar-refractivity contribution < 1.29 is 4.79 Å². The minimum Gasteiger partial charge on any atom is -0.355 e. The molecule has 0 unspecified atom stereocenters. The largest absolute Gasteiger partial charge is 0.355 e. The Hall–Kier alpha value is -1.06. The van der Waals surface area contributed by atoms with Crippen molar-refractivity contribution in [3.05, 3.63) is 34.3 Å². The zero-order chi connectivity index (χ0) is 12.0. The van der Waals surface area contributed by atoms with Gasteiger partial charge in [0.25, 0.3) is 0 Å². The van der Waals surface area contributed by atoms with Crippen LogP contribution in [0.25, 0.3) is 0 Å². The van der Waals surface area contributed by atoms with Gasteiger partial charge in [0.2, 0.25) is 5.91 Å². The maximum atomic E-state index is 11.2. The van der Waals surface area contributed by atoms with Crippen molar-refractivity contribution in [2.75, 3.05) is 13.1 Å². The van der Waals surface area contributed by atoms with Gasteiger partial charge in [0, 0.05) is 18.1 Å². The molecule has 1 rings (SSSR count). The van der Waals surface area contributed by atoms with E-state index in [1.165, 1.54) is 0 Å². The van der Waals surface area contributed by atoms with Crippen molar-refractivity contribution in [3.8, 4) is 0 Å². The first-order chi connectivity index (χ1) is 7.63. The second kappa shape index (κ2) is 6.51. The molecule has 1 aromatic rings. The van der Waals surface area contributed by atoms with Crippen LogP contribution in [-0.4, -0.2) is 19.0 Å². The van der Waals surface area contributed by atoms with E-state index in [-0.39, 0.29) is 5.91 Å². The molecule has 0 radical (unpaired) electrons. The zero-order valence-corrected chi connectivity index (χ0v) is 10.4. The molecule has 0 aliphatic carbocycles. The maximum absolute atomic E-state index is 11.2. The number of rotatable bonds is 5. The molecule has 0 saturated carbocycles. The maximum Gasteiger partial charge on any atom is 0.233 e. The number of amides is 1. The van der Waals surface area contributed by atoms with Crippen molar-refractivity contribution >= 4 is 17.5 Å². The second-order valence-electron chi connectivity index (χ2n) is 3.64. The van der Waals surface area contributed by atoms with E-state index in [2.05, 4.69) is 10.6 Å². The van der Waals surface area contributed by atoms with Gasteiger partial charge in [-0.25, -0.2) is 0 Å². The van der Waals surface area contributed by atoms with Crippen molar-refractivity contribution in [3.63, 3.8) is 0 Å². The standard InChI is InChI=1S/C12H17ClN2O/c1-3-15-12(16)8-14-7-10-5-4-9(2)11(13)6-10/h4-6,14H,3,7-8H2,1-2H3,(H,15,16). The summed E-state index contributed by atoms with van der Waals surface area (Å²) in [4.78, 5) is 11.2. The molecule has 2 N–H and O–H groups in total. The Morgan fingerprint density at radius 3 is 2.81 bits per heavy atom. The minimum absolute atomic E-state index is 0.0145. The van der Waals surface area contributed by atoms with E-state index < -0.39 is 0 Å². The fourth-order valence-electron chi connectivity index (χ4n) is 1.33. The summed E-state index contributed by atoms with van der Waals surface area (Å²) in [5.74, 6) is 0.0145. The quantitative estimate of drug-likeness (QED) is 0.825. The first-order valence-corrected chi connectivity index (χ1v) is 5.73. The van der Waals surface area contributed by atoms with E-state index in [9.17, 15) is 4.79 Å². The zero-order valence-electron chi connectivity index (χ0n) is 9.64. The van der Waals surface area contributed by atoms with E-state index in [4.69, 9.17) is 11.6 Å². The molecule has 0 saturated heterocycles. The Balaban J connectivity index is 2.37. The van der Waals surface area contributed by atoms with Crippen LogP contribution in [0.3, 0.4) is 0 Å². The smallest absolute Gasteiger partial charge is 0.233 e. The van der Waals surface area contributed by atoms with Crippen LogP contribution >= 0.6 is 11.6 Å². The number of halogens is 1. The van der Waals surface area contributed by atoms with E-state index >= 15 is 0 Å². The molecule has 3 nitrogen and oxygen atoms in total. The van der Waals surface area contributed by atoms with Gasteiger partial charge in [-0.05, 0) is 31.0 Å². The molecule has 0 bridgehead atoms. The highest BCUT2D eigenvalue weighted by Gasteiger charge is 2.00. The average molecular weight is 241 g/mol. The summed E-state index contributed by atoms with van der Waals surface area (Å²) in [6.07, 6.45) is 0. The summed E-state index contributed by atoms with van der Waals surface area (Å²) >= 11 is 6.00. The Bertz CT molecular complexity index is 366. The number of aryl methyl sites for hydroxylation is 1. The summed E-state index contributed by atoms with van der Waals surface area (Å²) in [5, 5.41) is 6.55. The molecule has 16 heavy (non-hydrogen) atoms. The van der Waals surface area contributed by atoms with Crippen LogP contribution in [0.5, 0.6) is 0 Å². The summed E-state index contributed by atoms with van der Waals surface area (Å²) in [6, 6.07) is 5.90. The molecule has 1 amide bonds. The number of hydrogen-bond acceptors (Lipinski definition) is 2. The van der Waals surface area contributed by atoms with Crippen LogP contribution in [0.15, 0.2) is 18.2 Å². The lowest BCUT2D eigenvalue weighted by Gasteiger charge is -2.06. The van der Waals surface area contributed by atoms with Gasteiger partial charge in [-0.1, -0.05) is 23.7 Å². The minimum atomic E-state index is 0.0145. The number of nitrogens with one attached hydrogen (secondary N) is 2. The summed E-state index contributed by atoms with van der Waals surface area (Å²) in [6.45, 7) is 5.51. The number of carbonyl (C=O) groups excluding carboxylic acids is 1. The molecule has 4 heteroatoms. The lowest BCUT2D eigenvalue weighted by Crippen LogP contribution is -2.33. The van der Waals surface area contributed by atoms with E-state index in [1.807, 2.05) is 32.0 Å². The lowest BCUT2D eigenvalue weighted by atomic mass is 10.1. The van der Waals surface area contributed by atoms with Crippen molar-refractivity contribution in [1.29, 1.82) is 0 Å². The van der Waals surface area contributed by atoms with Gasteiger partial charge >= 0.3 is 0 Å². The third-order valence-corrected chi connectivity index (χ3v) is 2.63. The van der Waals surface area contributed by atoms with Crippen molar-refractivity contribution in [2.45, 2.75) is 20.4 Å².